The standard InChI is InChI=1S/C11H14ClFN2/c1-11(2)4-7(11)5-14-10-9(13)3-8(12)6-15-10/h3,6-7H,4-5H2,1-2H3,(H,14,15). The molecule has 4 heteroatoms. The van der Waals surface area contributed by atoms with E-state index in [1.54, 1.807) is 0 Å². The molecule has 1 N–H and O–H groups in total. The van der Waals surface area contributed by atoms with Crippen molar-refractivity contribution < 1.29 is 4.39 Å². The highest BCUT2D eigenvalue weighted by Gasteiger charge is 2.45. The Hall–Kier alpha value is -0.830. The fourth-order valence-corrected chi connectivity index (χ4v) is 1.83. The number of anilines is 1. The zero-order valence-corrected chi connectivity index (χ0v) is 9.61. The molecule has 0 amide bonds. The fourth-order valence-electron chi connectivity index (χ4n) is 1.69. The highest BCUT2D eigenvalue weighted by atomic mass is 35.5. The maximum atomic E-state index is 13.3. The van der Waals surface area contributed by atoms with Crippen LogP contribution in [0.1, 0.15) is 20.3 Å². The molecule has 1 heterocycles. The van der Waals surface area contributed by atoms with Crippen LogP contribution in [0.15, 0.2) is 12.3 Å². The summed E-state index contributed by atoms with van der Waals surface area (Å²) in [7, 11) is 0. The van der Waals surface area contributed by atoms with Crippen LogP contribution >= 0.6 is 11.6 Å². The van der Waals surface area contributed by atoms with E-state index in [0.29, 0.717) is 22.2 Å². The average Bonchev–Trinajstić information content (AvgIpc) is 2.73. The summed E-state index contributed by atoms with van der Waals surface area (Å²) in [4.78, 5) is 3.91. The molecule has 82 valence electrons. The topological polar surface area (TPSA) is 24.9 Å². The number of halogens is 2. The monoisotopic (exact) mass is 228 g/mol. The summed E-state index contributed by atoms with van der Waals surface area (Å²) in [6.45, 7) is 5.20. The lowest BCUT2D eigenvalue weighted by Crippen LogP contribution is -2.09. The van der Waals surface area contributed by atoms with Crippen molar-refractivity contribution in [1.29, 1.82) is 0 Å². The number of pyridine rings is 1. The third-order valence-corrected chi connectivity index (χ3v) is 3.25. The van der Waals surface area contributed by atoms with Crippen LogP contribution in [0.2, 0.25) is 5.02 Å². The molecule has 1 fully saturated rings. The Morgan fingerprint density at radius 2 is 2.33 bits per heavy atom. The van der Waals surface area contributed by atoms with Crippen molar-refractivity contribution in [1.82, 2.24) is 4.98 Å². The number of nitrogens with one attached hydrogen (secondary N) is 1. The molecule has 0 aliphatic heterocycles. The van der Waals surface area contributed by atoms with Gasteiger partial charge in [-0.15, -0.1) is 0 Å². The molecule has 1 aliphatic carbocycles. The number of aromatic nitrogens is 1. The molecular weight excluding hydrogens is 215 g/mol. The lowest BCUT2D eigenvalue weighted by molar-refractivity contribution is 0.569. The maximum Gasteiger partial charge on any atom is 0.166 e. The van der Waals surface area contributed by atoms with Gasteiger partial charge in [-0.25, -0.2) is 9.37 Å². The predicted octanol–water partition coefficient (Wildman–Crippen LogP) is 3.33. The fraction of sp³-hybridized carbons (Fsp3) is 0.545. The van der Waals surface area contributed by atoms with Gasteiger partial charge in [0.15, 0.2) is 11.6 Å². The van der Waals surface area contributed by atoms with Gasteiger partial charge in [0, 0.05) is 12.7 Å². The molecule has 1 saturated carbocycles. The molecule has 1 unspecified atom stereocenters. The molecule has 0 radical (unpaired) electrons. The molecule has 1 aromatic rings. The minimum Gasteiger partial charge on any atom is -0.367 e. The zero-order valence-electron chi connectivity index (χ0n) is 8.85. The van der Waals surface area contributed by atoms with E-state index in [9.17, 15) is 4.39 Å². The van der Waals surface area contributed by atoms with Crippen molar-refractivity contribution in [2.24, 2.45) is 11.3 Å². The van der Waals surface area contributed by atoms with Gasteiger partial charge in [0.1, 0.15) is 0 Å². The van der Waals surface area contributed by atoms with Gasteiger partial charge in [0.05, 0.1) is 5.02 Å². The van der Waals surface area contributed by atoms with E-state index < -0.39 is 0 Å². The van der Waals surface area contributed by atoms with E-state index >= 15 is 0 Å². The Balaban J connectivity index is 1.94. The maximum absolute atomic E-state index is 13.3. The van der Waals surface area contributed by atoms with Crippen molar-refractivity contribution in [3.8, 4) is 0 Å². The molecule has 2 nitrogen and oxygen atoms in total. The van der Waals surface area contributed by atoms with Gasteiger partial charge < -0.3 is 5.32 Å². The van der Waals surface area contributed by atoms with Crippen molar-refractivity contribution in [2.75, 3.05) is 11.9 Å². The Kier molecular flexibility index (Phi) is 2.59. The first-order valence-corrected chi connectivity index (χ1v) is 5.42. The molecule has 1 aromatic heterocycles. The average molecular weight is 229 g/mol. The third kappa shape index (κ3) is 2.40. The summed E-state index contributed by atoms with van der Waals surface area (Å²) in [6.07, 6.45) is 2.64. The number of hydrogen-bond acceptors (Lipinski definition) is 2. The summed E-state index contributed by atoms with van der Waals surface area (Å²) in [5.41, 5.74) is 0.399. The van der Waals surface area contributed by atoms with Crippen LogP contribution < -0.4 is 5.32 Å². The van der Waals surface area contributed by atoms with E-state index in [-0.39, 0.29) is 5.82 Å². The summed E-state index contributed by atoms with van der Waals surface area (Å²) < 4.78 is 13.3. The van der Waals surface area contributed by atoms with Crippen LogP contribution in [-0.2, 0) is 0 Å². The summed E-state index contributed by atoms with van der Waals surface area (Å²) in [5, 5.41) is 3.34. The van der Waals surface area contributed by atoms with Crippen molar-refractivity contribution in [2.45, 2.75) is 20.3 Å². The minimum absolute atomic E-state index is 0.294. The smallest absolute Gasteiger partial charge is 0.166 e. The first-order valence-electron chi connectivity index (χ1n) is 5.04. The van der Waals surface area contributed by atoms with E-state index in [1.807, 2.05) is 0 Å². The molecule has 15 heavy (non-hydrogen) atoms. The van der Waals surface area contributed by atoms with E-state index in [2.05, 4.69) is 24.1 Å². The van der Waals surface area contributed by atoms with Crippen molar-refractivity contribution in [3.63, 3.8) is 0 Å². The predicted molar refractivity (Wildman–Crippen MR) is 59.6 cm³/mol. The SMILES string of the molecule is CC1(C)CC1CNc1ncc(Cl)cc1F. The summed E-state index contributed by atoms with van der Waals surface area (Å²) >= 11 is 5.61. The van der Waals surface area contributed by atoms with E-state index in [0.717, 1.165) is 6.54 Å². The second-order valence-electron chi connectivity index (χ2n) is 4.75. The van der Waals surface area contributed by atoms with Crippen LogP contribution in [0.3, 0.4) is 0 Å². The lowest BCUT2D eigenvalue weighted by Gasteiger charge is -2.07. The Morgan fingerprint density at radius 3 is 2.87 bits per heavy atom. The van der Waals surface area contributed by atoms with Gasteiger partial charge in [0.25, 0.3) is 0 Å². The van der Waals surface area contributed by atoms with Gasteiger partial charge in [0.2, 0.25) is 0 Å². The van der Waals surface area contributed by atoms with Crippen LogP contribution in [0.4, 0.5) is 10.2 Å². The normalized spacial score (nSPS) is 22.5. The van der Waals surface area contributed by atoms with E-state index in [4.69, 9.17) is 11.6 Å². The number of nitrogens with zero attached hydrogens (tertiary/aromatic N) is 1. The number of hydrogen-bond donors (Lipinski definition) is 1. The molecule has 0 aromatic carbocycles. The second-order valence-corrected chi connectivity index (χ2v) is 5.19. The minimum atomic E-state index is -0.388. The van der Waals surface area contributed by atoms with Crippen LogP contribution in [0.25, 0.3) is 0 Å². The second kappa shape index (κ2) is 3.63. The molecule has 0 bridgehead atoms. The van der Waals surface area contributed by atoms with Gasteiger partial charge in [-0.3, -0.25) is 0 Å². The van der Waals surface area contributed by atoms with E-state index in [1.165, 1.54) is 18.7 Å². The molecule has 1 aliphatic rings. The Bertz CT molecular complexity index is 379. The lowest BCUT2D eigenvalue weighted by atomic mass is 10.1. The van der Waals surface area contributed by atoms with Crippen LogP contribution in [0, 0.1) is 17.2 Å². The van der Waals surface area contributed by atoms with Gasteiger partial charge in [-0.2, -0.15) is 0 Å². The molecule has 1 atom stereocenters. The highest BCUT2D eigenvalue weighted by Crippen LogP contribution is 2.51. The van der Waals surface area contributed by atoms with Gasteiger partial charge in [-0.1, -0.05) is 25.4 Å². The Labute approximate surface area is 93.9 Å². The first-order chi connectivity index (χ1) is 6.99. The molecule has 2 rings (SSSR count). The van der Waals surface area contributed by atoms with Crippen LogP contribution in [-0.4, -0.2) is 11.5 Å². The molecule has 0 saturated heterocycles. The van der Waals surface area contributed by atoms with Gasteiger partial charge in [-0.05, 0) is 23.8 Å². The van der Waals surface area contributed by atoms with Crippen molar-refractivity contribution >= 4 is 17.4 Å². The Morgan fingerprint density at radius 1 is 1.67 bits per heavy atom. The molecule has 0 spiro atoms. The van der Waals surface area contributed by atoms with Crippen molar-refractivity contribution in [3.05, 3.63) is 23.1 Å². The quantitative estimate of drug-likeness (QED) is 0.859. The first kappa shape index (κ1) is 10.7. The largest absolute Gasteiger partial charge is 0.367 e. The third-order valence-electron chi connectivity index (χ3n) is 3.04. The summed E-state index contributed by atoms with van der Waals surface area (Å²) in [5.74, 6) is 0.525. The van der Waals surface area contributed by atoms with Gasteiger partial charge >= 0.3 is 0 Å². The zero-order chi connectivity index (χ0) is 11.1. The number of rotatable bonds is 3. The molecular formula is C11H14ClFN2. The highest BCUT2D eigenvalue weighted by molar-refractivity contribution is 6.30. The van der Waals surface area contributed by atoms with Crippen LogP contribution in [0.5, 0.6) is 0 Å². The summed E-state index contributed by atoms with van der Waals surface area (Å²) in [6, 6.07) is 1.27.